The number of unbranched alkanes of at least 4 members (excludes halogenated alkanes) is 2. The average molecular weight is 283 g/mol. The quantitative estimate of drug-likeness (QED) is 0.665. The van der Waals surface area contributed by atoms with Crippen molar-refractivity contribution in [2.24, 2.45) is 0 Å². The first-order valence-electron chi connectivity index (χ1n) is 5.20. The number of ether oxygens (including phenoxy) is 1. The molecule has 0 aliphatic heterocycles. The number of nitriles is 1. The highest BCUT2D eigenvalue weighted by Gasteiger charge is 2.05. The number of hydrogen-bond acceptors (Lipinski definition) is 3. The van der Waals surface area contributed by atoms with Gasteiger partial charge in [0.15, 0.2) is 0 Å². The molecule has 0 aliphatic carbocycles. The van der Waals surface area contributed by atoms with Gasteiger partial charge in [0, 0.05) is 10.9 Å². The third-order valence-corrected chi connectivity index (χ3v) is 2.66. The van der Waals surface area contributed by atoms with Gasteiger partial charge in [0.2, 0.25) is 0 Å². The van der Waals surface area contributed by atoms with Crippen molar-refractivity contribution in [1.82, 2.24) is 0 Å². The molecule has 0 saturated carbocycles. The van der Waals surface area contributed by atoms with Gasteiger partial charge in [0.25, 0.3) is 0 Å². The van der Waals surface area contributed by atoms with Gasteiger partial charge in [-0.05, 0) is 37.5 Å². The maximum absolute atomic E-state index is 8.39. The number of nitrogens with two attached hydrogens (primary N) is 1. The largest absolute Gasteiger partial charge is 0.491 e. The molecule has 1 aromatic rings. The lowest BCUT2D eigenvalue weighted by molar-refractivity contribution is 0.307. The van der Waals surface area contributed by atoms with E-state index < -0.39 is 0 Å². The van der Waals surface area contributed by atoms with Crippen LogP contribution in [0.4, 0.5) is 5.69 Å². The van der Waals surface area contributed by atoms with E-state index in [2.05, 4.69) is 22.0 Å². The van der Waals surface area contributed by atoms with Crippen LogP contribution in [0.2, 0.25) is 0 Å². The summed E-state index contributed by atoms with van der Waals surface area (Å²) in [6.45, 7) is 2.57. The predicted molar refractivity (Wildman–Crippen MR) is 68.3 cm³/mol. The van der Waals surface area contributed by atoms with Gasteiger partial charge in [-0.25, -0.2) is 0 Å². The van der Waals surface area contributed by atoms with Crippen LogP contribution in [0.1, 0.15) is 24.8 Å². The van der Waals surface area contributed by atoms with Crippen LogP contribution >= 0.6 is 15.9 Å². The molecule has 0 fully saturated rings. The third kappa shape index (κ3) is 3.74. The molecule has 0 radical (unpaired) electrons. The Morgan fingerprint density at radius 3 is 2.81 bits per heavy atom. The lowest BCUT2D eigenvalue weighted by Crippen LogP contribution is -2.02. The number of hydrogen-bond donors (Lipinski definition) is 1. The van der Waals surface area contributed by atoms with Gasteiger partial charge in [0.1, 0.15) is 5.75 Å². The Morgan fingerprint density at radius 2 is 2.19 bits per heavy atom. The second-order valence-corrected chi connectivity index (χ2v) is 4.52. The lowest BCUT2D eigenvalue weighted by atomic mass is 10.2. The van der Waals surface area contributed by atoms with Crippen LogP contribution in [0, 0.1) is 18.3 Å². The van der Waals surface area contributed by atoms with Crippen molar-refractivity contribution in [2.75, 3.05) is 12.3 Å². The molecule has 0 aliphatic rings. The first kappa shape index (κ1) is 12.9. The Kier molecular flexibility index (Phi) is 5.13. The maximum atomic E-state index is 8.39. The minimum Gasteiger partial charge on any atom is -0.491 e. The second kappa shape index (κ2) is 6.39. The molecule has 0 aromatic heterocycles. The normalized spacial score (nSPS) is 9.81. The summed E-state index contributed by atoms with van der Waals surface area (Å²) in [5, 5.41) is 8.39. The van der Waals surface area contributed by atoms with Crippen molar-refractivity contribution < 1.29 is 4.74 Å². The number of rotatable bonds is 5. The molecule has 4 heteroatoms. The van der Waals surface area contributed by atoms with Crippen molar-refractivity contribution in [3.63, 3.8) is 0 Å². The van der Waals surface area contributed by atoms with Gasteiger partial charge >= 0.3 is 0 Å². The molecule has 0 spiro atoms. The van der Waals surface area contributed by atoms with Crippen molar-refractivity contribution in [3.05, 3.63) is 22.2 Å². The zero-order valence-electron chi connectivity index (χ0n) is 9.29. The summed E-state index contributed by atoms with van der Waals surface area (Å²) >= 11 is 3.38. The van der Waals surface area contributed by atoms with Gasteiger partial charge in [0.05, 0.1) is 18.4 Å². The number of benzene rings is 1. The summed E-state index contributed by atoms with van der Waals surface area (Å²) in [7, 11) is 0. The fourth-order valence-corrected chi connectivity index (χ4v) is 2.02. The summed E-state index contributed by atoms with van der Waals surface area (Å²) in [6.07, 6.45) is 2.33. The molecular weight excluding hydrogens is 268 g/mol. The smallest absolute Gasteiger partial charge is 0.145 e. The summed E-state index contributed by atoms with van der Waals surface area (Å²) in [5.74, 6) is 0.750. The summed E-state index contributed by atoms with van der Waals surface area (Å²) in [6, 6.07) is 5.91. The molecule has 16 heavy (non-hydrogen) atoms. The highest BCUT2D eigenvalue weighted by Crippen LogP contribution is 2.30. The third-order valence-electron chi connectivity index (χ3n) is 2.20. The van der Waals surface area contributed by atoms with Crippen LogP contribution in [-0.4, -0.2) is 6.61 Å². The van der Waals surface area contributed by atoms with Crippen LogP contribution in [0.15, 0.2) is 16.6 Å². The van der Waals surface area contributed by atoms with Gasteiger partial charge in [-0.1, -0.05) is 15.9 Å². The van der Waals surface area contributed by atoms with E-state index in [1.807, 2.05) is 19.1 Å². The highest BCUT2D eigenvalue weighted by molar-refractivity contribution is 9.10. The summed E-state index contributed by atoms with van der Waals surface area (Å²) in [5.41, 5.74) is 7.52. The molecule has 0 saturated heterocycles. The van der Waals surface area contributed by atoms with Crippen molar-refractivity contribution in [3.8, 4) is 11.8 Å². The number of nitrogen functional groups attached to an aromatic ring is 1. The van der Waals surface area contributed by atoms with Crippen LogP contribution in [0.25, 0.3) is 0 Å². The monoisotopic (exact) mass is 282 g/mol. The van der Waals surface area contributed by atoms with E-state index in [4.69, 9.17) is 15.7 Å². The molecule has 0 unspecified atom stereocenters. The predicted octanol–water partition coefficient (Wildman–Crippen LogP) is 3.41. The van der Waals surface area contributed by atoms with E-state index in [1.54, 1.807) is 0 Å². The molecule has 1 aromatic carbocycles. The van der Waals surface area contributed by atoms with Crippen molar-refractivity contribution in [1.29, 1.82) is 5.26 Å². The molecule has 0 heterocycles. The second-order valence-electron chi connectivity index (χ2n) is 3.60. The van der Waals surface area contributed by atoms with Crippen LogP contribution in [0.5, 0.6) is 5.75 Å². The zero-order valence-corrected chi connectivity index (χ0v) is 10.9. The Morgan fingerprint density at radius 1 is 1.44 bits per heavy atom. The maximum Gasteiger partial charge on any atom is 0.145 e. The molecule has 0 atom stereocenters. The van der Waals surface area contributed by atoms with Crippen molar-refractivity contribution in [2.45, 2.75) is 26.2 Å². The lowest BCUT2D eigenvalue weighted by Gasteiger charge is -2.11. The Labute approximate surface area is 104 Å². The van der Waals surface area contributed by atoms with E-state index in [0.717, 1.165) is 28.6 Å². The summed E-state index contributed by atoms with van der Waals surface area (Å²) < 4.78 is 6.57. The first-order valence-corrected chi connectivity index (χ1v) is 6.00. The topological polar surface area (TPSA) is 59.0 Å². The number of aryl methyl sites for hydroxylation is 1. The minimum atomic E-state index is 0.582. The standard InChI is InChI=1S/C12H15BrN2O/c1-9-7-10(13)8-11(15)12(9)16-6-4-2-3-5-14/h7-8H,2-4,6,15H2,1H3. The van der Waals surface area contributed by atoms with Gasteiger partial charge in [-0.15, -0.1) is 0 Å². The van der Waals surface area contributed by atoms with Gasteiger partial charge < -0.3 is 10.5 Å². The molecule has 2 N–H and O–H groups in total. The van der Waals surface area contributed by atoms with Crippen LogP contribution in [-0.2, 0) is 0 Å². The Bertz CT molecular complexity index is 375. The van der Waals surface area contributed by atoms with Crippen molar-refractivity contribution >= 4 is 21.6 Å². The van der Waals surface area contributed by atoms with E-state index >= 15 is 0 Å². The molecule has 0 bridgehead atoms. The fourth-order valence-electron chi connectivity index (χ4n) is 1.43. The fraction of sp³-hybridized carbons (Fsp3) is 0.417. The van der Waals surface area contributed by atoms with Gasteiger partial charge in [-0.2, -0.15) is 5.26 Å². The van der Waals surface area contributed by atoms with E-state index in [1.165, 1.54) is 0 Å². The molecule has 86 valence electrons. The van der Waals surface area contributed by atoms with E-state index in [-0.39, 0.29) is 0 Å². The average Bonchev–Trinajstić information content (AvgIpc) is 2.20. The van der Waals surface area contributed by atoms with Gasteiger partial charge in [-0.3, -0.25) is 0 Å². The van der Waals surface area contributed by atoms with Crippen LogP contribution in [0.3, 0.4) is 0 Å². The number of nitrogens with zero attached hydrogens (tertiary/aromatic N) is 1. The van der Waals surface area contributed by atoms with E-state index in [0.29, 0.717) is 18.7 Å². The molecule has 1 rings (SSSR count). The molecule has 3 nitrogen and oxygen atoms in total. The summed E-state index contributed by atoms with van der Waals surface area (Å²) in [4.78, 5) is 0. The number of anilines is 1. The molecule has 0 amide bonds. The zero-order chi connectivity index (χ0) is 12.0. The van der Waals surface area contributed by atoms with Crippen LogP contribution < -0.4 is 10.5 Å². The Hall–Kier alpha value is -1.21. The number of halogens is 1. The molecular formula is C12H15BrN2O. The highest BCUT2D eigenvalue weighted by atomic mass is 79.9. The Balaban J connectivity index is 2.51. The van der Waals surface area contributed by atoms with E-state index in [9.17, 15) is 0 Å². The minimum absolute atomic E-state index is 0.582. The first-order chi connectivity index (χ1) is 7.65. The SMILES string of the molecule is Cc1cc(Br)cc(N)c1OCCCCC#N.